The second-order valence-corrected chi connectivity index (χ2v) is 7.59. The fourth-order valence-corrected chi connectivity index (χ4v) is 3.46. The van der Waals surface area contributed by atoms with Crippen molar-refractivity contribution in [1.29, 1.82) is 0 Å². The van der Waals surface area contributed by atoms with Gasteiger partial charge >= 0.3 is 6.18 Å². The molecule has 0 amide bonds. The van der Waals surface area contributed by atoms with E-state index in [0.29, 0.717) is 16.6 Å². The summed E-state index contributed by atoms with van der Waals surface area (Å²) >= 11 is 12.1. The third-order valence-electron chi connectivity index (χ3n) is 4.63. The zero-order valence-electron chi connectivity index (χ0n) is 15.9. The molecule has 9 heteroatoms. The molecule has 0 radical (unpaired) electrons. The Balaban J connectivity index is 1.56. The number of hydrogen-bond donors (Lipinski definition) is 1. The zero-order chi connectivity index (χ0) is 22.0. The summed E-state index contributed by atoms with van der Waals surface area (Å²) in [6.07, 6.45) is -0.114. The number of fused-ring (bicyclic) bond motifs is 1. The van der Waals surface area contributed by atoms with Gasteiger partial charge in [0.05, 0.1) is 21.8 Å². The molecule has 4 aromatic rings. The summed E-state index contributed by atoms with van der Waals surface area (Å²) in [5, 5.41) is 6.10. The minimum absolute atomic E-state index is 0.212. The van der Waals surface area contributed by atoms with Gasteiger partial charge in [-0.25, -0.2) is 4.98 Å². The minimum Gasteiger partial charge on any atom is -0.342 e. The van der Waals surface area contributed by atoms with E-state index < -0.39 is 11.7 Å². The Hall–Kier alpha value is -3.03. The van der Waals surface area contributed by atoms with Gasteiger partial charge in [-0.3, -0.25) is 5.43 Å². The molecule has 0 saturated heterocycles. The van der Waals surface area contributed by atoms with Crippen LogP contribution in [0.15, 0.2) is 72.1 Å². The molecule has 0 fully saturated rings. The Bertz CT molecular complexity index is 1250. The summed E-state index contributed by atoms with van der Waals surface area (Å²) in [5.41, 5.74) is 4.68. The maximum atomic E-state index is 12.6. The van der Waals surface area contributed by atoms with Gasteiger partial charge in [-0.1, -0.05) is 47.5 Å². The van der Waals surface area contributed by atoms with Crippen LogP contribution in [-0.4, -0.2) is 15.8 Å². The molecular formula is C22H15Cl2F3N4. The van der Waals surface area contributed by atoms with Crippen molar-refractivity contribution in [2.45, 2.75) is 12.7 Å². The first kappa shape index (κ1) is 21.2. The van der Waals surface area contributed by atoms with E-state index in [0.717, 1.165) is 34.3 Å². The molecule has 4 rings (SSSR count). The molecule has 0 atom stereocenters. The summed E-state index contributed by atoms with van der Waals surface area (Å²) in [7, 11) is 0. The first-order valence-corrected chi connectivity index (χ1v) is 9.91. The van der Waals surface area contributed by atoms with Gasteiger partial charge in [-0.05, 0) is 35.9 Å². The van der Waals surface area contributed by atoms with Crippen LogP contribution in [0.2, 0.25) is 10.0 Å². The SMILES string of the molecule is FC(F)(F)c1ccc(N/N=C\c2cn(Cc3ccc(Cl)c(Cl)c3)c3ccccc23)nc1. The van der Waals surface area contributed by atoms with Crippen molar-refractivity contribution < 1.29 is 13.2 Å². The van der Waals surface area contributed by atoms with Crippen LogP contribution in [0.5, 0.6) is 0 Å². The predicted molar refractivity (Wildman–Crippen MR) is 118 cm³/mol. The molecule has 158 valence electrons. The van der Waals surface area contributed by atoms with Crippen molar-refractivity contribution in [3.05, 3.63) is 93.7 Å². The number of nitrogens with one attached hydrogen (secondary N) is 1. The number of hydrazone groups is 1. The Morgan fingerprint density at radius 3 is 2.55 bits per heavy atom. The number of benzene rings is 2. The summed E-state index contributed by atoms with van der Waals surface area (Å²) in [4.78, 5) is 3.74. The highest BCUT2D eigenvalue weighted by molar-refractivity contribution is 6.42. The fraction of sp³-hybridized carbons (Fsp3) is 0.0909. The minimum atomic E-state index is -4.43. The predicted octanol–water partition coefficient (Wildman–Crippen LogP) is 6.86. The summed E-state index contributed by atoms with van der Waals surface area (Å²) in [5.74, 6) is 0.212. The van der Waals surface area contributed by atoms with E-state index in [1.807, 2.05) is 42.6 Å². The summed E-state index contributed by atoms with van der Waals surface area (Å²) < 4.78 is 40.0. The van der Waals surface area contributed by atoms with Crippen LogP contribution in [0.1, 0.15) is 16.7 Å². The molecule has 0 bridgehead atoms. The molecule has 0 saturated carbocycles. The van der Waals surface area contributed by atoms with Crippen LogP contribution in [-0.2, 0) is 12.7 Å². The molecule has 0 aliphatic rings. The second kappa shape index (κ2) is 8.61. The van der Waals surface area contributed by atoms with E-state index in [2.05, 4.69) is 20.1 Å². The van der Waals surface area contributed by atoms with E-state index in [4.69, 9.17) is 23.2 Å². The Kier molecular flexibility index (Phi) is 5.89. The molecular weight excluding hydrogens is 448 g/mol. The van der Waals surface area contributed by atoms with Crippen molar-refractivity contribution >= 4 is 46.1 Å². The quantitative estimate of drug-likeness (QED) is 0.260. The first-order valence-electron chi connectivity index (χ1n) is 9.15. The number of hydrogen-bond acceptors (Lipinski definition) is 3. The Morgan fingerprint density at radius 2 is 1.84 bits per heavy atom. The Morgan fingerprint density at radius 1 is 1.03 bits per heavy atom. The van der Waals surface area contributed by atoms with E-state index in [9.17, 15) is 13.2 Å². The van der Waals surface area contributed by atoms with Crippen LogP contribution < -0.4 is 5.43 Å². The van der Waals surface area contributed by atoms with Crippen LogP contribution in [0.3, 0.4) is 0 Å². The normalized spacial score (nSPS) is 12.0. The molecule has 0 aliphatic heterocycles. The highest BCUT2D eigenvalue weighted by Gasteiger charge is 2.30. The molecule has 4 nitrogen and oxygen atoms in total. The highest BCUT2D eigenvalue weighted by Crippen LogP contribution is 2.29. The lowest BCUT2D eigenvalue weighted by Crippen LogP contribution is -2.05. The van der Waals surface area contributed by atoms with Gasteiger partial charge in [-0.15, -0.1) is 0 Å². The van der Waals surface area contributed by atoms with E-state index >= 15 is 0 Å². The van der Waals surface area contributed by atoms with Crippen LogP contribution in [0.25, 0.3) is 10.9 Å². The lowest BCUT2D eigenvalue weighted by Gasteiger charge is -2.06. The van der Waals surface area contributed by atoms with Gasteiger partial charge in [-0.2, -0.15) is 18.3 Å². The Labute approximate surface area is 185 Å². The summed E-state index contributed by atoms with van der Waals surface area (Å²) in [6, 6.07) is 15.5. The maximum Gasteiger partial charge on any atom is 0.417 e. The van der Waals surface area contributed by atoms with Crippen LogP contribution in [0.4, 0.5) is 19.0 Å². The van der Waals surface area contributed by atoms with Crippen LogP contribution in [0, 0.1) is 0 Å². The molecule has 0 unspecified atom stereocenters. The number of aromatic nitrogens is 2. The average molecular weight is 463 g/mol. The van der Waals surface area contributed by atoms with Crippen molar-refractivity contribution in [3.63, 3.8) is 0 Å². The maximum absolute atomic E-state index is 12.6. The van der Waals surface area contributed by atoms with Crippen molar-refractivity contribution in [3.8, 4) is 0 Å². The zero-order valence-corrected chi connectivity index (χ0v) is 17.4. The largest absolute Gasteiger partial charge is 0.417 e. The third-order valence-corrected chi connectivity index (χ3v) is 5.37. The molecule has 31 heavy (non-hydrogen) atoms. The molecule has 1 N–H and O–H groups in total. The number of rotatable bonds is 5. The van der Waals surface area contributed by atoms with Gasteiger partial charge in [0.25, 0.3) is 0 Å². The number of nitrogens with zero attached hydrogens (tertiary/aromatic N) is 3. The van der Waals surface area contributed by atoms with Crippen LogP contribution >= 0.6 is 23.2 Å². The number of pyridine rings is 1. The topological polar surface area (TPSA) is 42.2 Å². The van der Waals surface area contributed by atoms with Gasteiger partial charge < -0.3 is 4.57 Å². The van der Waals surface area contributed by atoms with Gasteiger partial charge in [0, 0.05) is 35.4 Å². The van der Waals surface area contributed by atoms with Crippen molar-refractivity contribution in [2.24, 2.45) is 5.10 Å². The fourth-order valence-electron chi connectivity index (χ4n) is 3.14. The van der Waals surface area contributed by atoms with Crippen molar-refractivity contribution in [1.82, 2.24) is 9.55 Å². The van der Waals surface area contributed by atoms with Gasteiger partial charge in [0.1, 0.15) is 5.82 Å². The standard InChI is InChI=1S/C22H15Cl2F3N4/c23-18-7-5-14(9-19(18)24)12-31-13-15(17-3-1-2-4-20(17)31)10-29-30-21-8-6-16(11-28-21)22(25,26)27/h1-11,13H,12H2,(H,28,30)/b29-10-. The molecule has 2 heterocycles. The highest BCUT2D eigenvalue weighted by atomic mass is 35.5. The average Bonchev–Trinajstić information content (AvgIpc) is 3.08. The van der Waals surface area contributed by atoms with Crippen molar-refractivity contribution in [2.75, 3.05) is 5.43 Å². The monoisotopic (exact) mass is 462 g/mol. The van der Waals surface area contributed by atoms with E-state index in [1.54, 1.807) is 12.3 Å². The van der Waals surface area contributed by atoms with E-state index in [-0.39, 0.29) is 5.82 Å². The third kappa shape index (κ3) is 4.84. The number of para-hydroxylation sites is 1. The van der Waals surface area contributed by atoms with E-state index in [1.165, 1.54) is 6.07 Å². The first-order chi connectivity index (χ1) is 14.8. The number of halogens is 5. The number of alkyl halides is 3. The lowest BCUT2D eigenvalue weighted by atomic mass is 10.2. The smallest absolute Gasteiger partial charge is 0.342 e. The second-order valence-electron chi connectivity index (χ2n) is 6.78. The molecule has 0 aliphatic carbocycles. The lowest BCUT2D eigenvalue weighted by molar-refractivity contribution is -0.137. The molecule has 0 spiro atoms. The van der Waals surface area contributed by atoms with Gasteiger partial charge in [0.15, 0.2) is 0 Å². The number of anilines is 1. The molecule has 2 aromatic heterocycles. The van der Waals surface area contributed by atoms with Gasteiger partial charge in [0.2, 0.25) is 0 Å². The molecule has 2 aromatic carbocycles. The summed E-state index contributed by atoms with van der Waals surface area (Å²) in [6.45, 7) is 0.582.